The lowest BCUT2D eigenvalue weighted by atomic mass is 10.3. The molecule has 1 N–H and O–H groups in total. The summed E-state index contributed by atoms with van der Waals surface area (Å²) < 4.78 is 38.3. The molecular weight excluding hydrogens is 273 g/mol. The van der Waals surface area contributed by atoms with E-state index in [9.17, 15) is 18.0 Å². The molecule has 2 rings (SSSR count). The molecule has 2 aromatic heterocycles. The second-order valence-corrected chi connectivity index (χ2v) is 4.04. The number of nitrogens with one attached hydrogen (secondary N) is 1. The average Bonchev–Trinajstić information content (AvgIpc) is 2.79. The molecule has 0 aromatic carbocycles. The summed E-state index contributed by atoms with van der Waals surface area (Å²) in [5.74, 6) is -0.638. The minimum atomic E-state index is -4.57. The van der Waals surface area contributed by atoms with Crippen LogP contribution in [0.15, 0.2) is 30.5 Å². The van der Waals surface area contributed by atoms with E-state index in [0.29, 0.717) is 11.8 Å². The van der Waals surface area contributed by atoms with Gasteiger partial charge >= 0.3 is 6.18 Å². The molecule has 20 heavy (non-hydrogen) atoms. The lowest BCUT2D eigenvalue weighted by Gasteiger charge is -2.04. The number of halogens is 3. The normalized spacial score (nSPS) is 11.4. The maximum atomic E-state index is 12.5. The molecule has 0 aliphatic rings. The molecule has 1 amide bonds. The number of pyridine rings is 1. The molecule has 106 valence electrons. The fourth-order valence-electron chi connectivity index (χ4n) is 1.58. The number of carbonyl (C=O) groups is 1. The van der Waals surface area contributed by atoms with Gasteiger partial charge in [0.1, 0.15) is 5.69 Å². The van der Waals surface area contributed by atoms with E-state index in [1.165, 1.54) is 7.05 Å². The Balaban J connectivity index is 2.08. The third-order valence-corrected chi connectivity index (χ3v) is 2.56. The van der Waals surface area contributed by atoms with Crippen LogP contribution in [0.2, 0.25) is 0 Å². The number of rotatable bonds is 3. The van der Waals surface area contributed by atoms with Crippen molar-refractivity contribution >= 4 is 5.91 Å². The monoisotopic (exact) mass is 284 g/mol. The van der Waals surface area contributed by atoms with E-state index in [-0.39, 0.29) is 12.2 Å². The molecule has 0 bridgehead atoms. The number of nitrogens with zero attached hydrogens (tertiary/aromatic N) is 3. The minimum Gasteiger partial charge on any atom is -0.345 e. The quantitative estimate of drug-likeness (QED) is 0.934. The first-order chi connectivity index (χ1) is 9.38. The predicted octanol–water partition coefficient (Wildman–Crippen LogP) is 1.76. The van der Waals surface area contributed by atoms with Gasteiger partial charge in [-0.1, -0.05) is 6.07 Å². The van der Waals surface area contributed by atoms with E-state index in [2.05, 4.69) is 15.4 Å². The highest BCUT2D eigenvalue weighted by atomic mass is 19.4. The van der Waals surface area contributed by atoms with Crippen LogP contribution in [0, 0.1) is 0 Å². The third kappa shape index (κ3) is 3.14. The molecule has 8 heteroatoms. The van der Waals surface area contributed by atoms with Crippen molar-refractivity contribution in [2.75, 3.05) is 0 Å². The standard InChI is InChI=1S/C12H11F3N4O/c1-19-9(6-10(18-19)12(13,14)15)11(20)17-7-8-4-2-3-5-16-8/h2-6H,7H2,1H3,(H,17,20). The van der Waals surface area contributed by atoms with Crippen molar-refractivity contribution in [2.45, 2.75) is 12.7 Å². The van der Waals surface area contributed by atoms with Crippen LogP contribution in [0.1, 0.15) is 21.9 Å². The van der Waals surface area contributed by atoms with Crippen molar-refractivity contribution in [1.29, 1.82) is 0 Å². The Hall–Kier alpha value is -2.38. The van der Waals surface area contributed by atoms with Crippen LogP contribution in [0.5, 0.6) is 0 Å². The fourth-order valence-corrected chi connectivity index (χ4v) is 1.58. The van der Waals surface area contributed by atoms with Crippen LogP contribution in [0.25, 0.3) is 0 Å². The molecule has 2 aromatic rings. The Morgan fingerprint density at radius 1 is 1.40 bits per heavy atom. The van der Waals surface area contributed by atoms with Crippen LogP contribution < -0.4 is 5.32 Å². The Morgan fingerprint density at radius 3 is 2.70 bits per heavy atom. The molecule has 0 fully saturated rings. The van der Waals surface area contributed by atoms with E-state index >= 15 is 0 Å². The molecule has 0 aliphatic carbocycles. The zero-order valence-electron chi connectivity index (χ0n) is 10.5. The summed E-state index contributed by atoms with van der Waals surface area (Å²) in [5.41, 5.74) is -0.643. The lowest BCUT2D eigenvalue weighted by Crippen LogP contribution is -2.25. The number of hydrogen-bond acceptors (Lipinski definition) is 3. The van der Waals surface area contributed by atoms with Gasteiger partial charge in [-0.25, -0.2) is 0 Å². The molecule has 0 atom stereocenters. The third-order valence-electron chi connectivity index (χ3n) is 2.56. The lowest BCUT2D eigenvalue weighted by molar-refractivity contribution is -0.141. The summed E-state index contributed by atoms with van der Waals surface area (Å²) in [7, 11) is 1.28. The maximum Gasteiger partial charge on any atom is 0.435 e. The smallest absolute Gasteiger partial charge is 0.345 e. The molecular formula is C12H11F3N4O. The zero-order chi connectivity index (χ0) is 14.8. The number of aromatic nitrogens is 3. The second-order valence-electron chi connectivity index (χ2n) is 4.04. The van der Waals surface area contributed by atoms with Gasteiger partial charge in [0, 0.05) is 19.3 Å². The van der Waals surface area contributed by atoms with Crippen molar-refractivity contribution < 1.29 is 18.0 Å². The van der Waals surface area contributed by atoms with Gasteiger partial charge in [0.2, 0.25) is 0 Å². The summed E-state index contributed by atoms with van der Waals surface area (Å²) in [6.45, 7) is 0.131. The highest BCUT2D eigenvalue weighted by Gasteiger charge is 2.35. The van der Waals surface area contributed by atoms with Crippen molar-refractivity contribution in [3.05, 3.63) is 47.5 Å². The highest BCUT2D eigenvalue weighted by molar-refractivity contribution is 5.92. The fraction of sp³-hybridized carbons (Fsp3) is 0.250. The summed E-state index contributed by atoms with van der Waals surface area (Å²) in [5, 5.41) is 5.76. The predicted molar refractivity (Wildman–Crippen MR) is 63.6 cm³/mol. The topological polar surface area (TPSA) is 59.8 Å². The number of carbonyl (C=O) groups excluding carboxylic acids is 1. The summed E-state index contributed by atoms with van der Waals surface area (Å²) in [4.78, 5) is 15.8. The minimum absolute atomic E-state index is 0.131. The highest BCUT2D eigenvalue weighted by Crippen LogP contribution is 2.28. The van der Waals surface area contributed by atoms with Crippen LogP contribution in [0.4, 0.5) is 13.2 Å². The average molecular weight is 284 g/mol. The van der Waals surface area contributed by atoms with Gasteiger partial charge in [-0.2, -0.15) is 18.3 Å². The Morgan fingerprint density at radius 2 is 2.15 bits per heavy atom. The molecule has 5 nitrogen and oxygen atoms in total. The number of hydrogen-bond donors (Lipinski definition) is 1. The van der Waals surface area contributed by atoms with Crippen molar-refractivity contribution in [3.8, 4) is 0 Å². The van der Waals surface area contributed by atoms with Gasteiger partial charge in [-0.05, 0) is 12.1 Å². The number of aryl methyl sites for hydroxylation is 1. The molecule has 0 saturated heterocycles. The van der Waals surface area contributed by atoms with Crippen LogP contribution in [-0.2, 0) is 19.8 Å². The van der Waals surface area contributed by atoms with E-state index in [1.807, 2.05) is 0 Å². The summed E-state index contributed by atoms with van der Waals surface area (Å²) in [6, 6.07) is 5.89. The molecule has 0 aliphatic heterocycles. The maximum absolute atomic E-state index is 12.5. The molecule has 0 saturated carbocycles. The van der Waals surface area contributed by atoms with Gasteiger partial charge in [-0.3, -0.25) is 14.5 Å². The van der Waals surface area contributed by atoms with Gasteiger partial charge in [0.15, 0.2) is 5.69 Å². The van der Waals surface area contributed by atoms with E-state index < -0.39 is 17.8 Å². The molecule has 0 radical (unpaired) electrons. The SMILES string of the molecule is Cn1nc(C(F)(F)F)cc1C(=O)NCc1ccccn1. The van der Waals surface area contributed by atoms with E-state index in [4.69, 9.17) is 0 Å². The van der Waals surface area contributed by atoms with E-state index in [1.54, 1.807) is 24.4 Å². The second kappa shape index (κ2) is 5.32. The largest absolute Gasteiger partial charge is 0.435 e. The van der Waals surface area contributed by atoms with Gasteiger partial charge in [0.05, 0.1) is 12.2 Å². The van der Waals surface area contributed by atoms with Crippen molar-refractivity contribution in [2.24, 2.45) is 7.05 Å². The first-order valence-corrected chi connectivity index (χ1v) is 5.67. The van der Waals surface area contributed by atoms with Gasteiger partial charge in [-0.15, -0.1) is 0 Å². The molecule has 2 heterocycles. The molecule has 0 spiro atoms. The van der Waals surface area contributed by atoms with Crippen LogP contribution in [-0.4, -0.2) is 20.7 Å². The summed E-state index contributed by atoms with van der Waals surface area (Å²) in [6.07, 6.45) is -3.01. The zero-order valence-corrected chi connectivity index (χ0v) is 10.5. The first kappa shape index (κ1) is 14.0. The van der Waals surface area contributed by atoms with Crippen molar-refractivity contribution in [1.82, 2.24) is 20.1 Å². The molecule has 0 unspecified atom stereocenters. The van der Waals surface area contributed by atoms with Crippen LogP contribution >= 0.6 is 0 Å². The summed E-state index contributed by atoms with van der Waals surface area (Å²) >= 11 is 0. The van der Waals surface area contributed by atoms with Crippen LogP contribution in [0.3, 0.4) is 0 Å². The van der Waals surface area contributed by atoms with Gasteiger partial charge in [0.25, 0.3) is 5.91 Å². The van der Waals surface area contributed by atoms with E-state index in [0.717, 1.165) is 4.68 Å². The Kier molecular flexibility index (Phi) is 3.73. The number of amides is 1. The Labute approximate surface area is 112 Å². The number of alkyl halides is 3. The van der Waals surface area contributed by atoms with Gasteiger partial charge < -0.3 is 5.32 Å². The van der Waals surface area contributed by atoms with Crippen molar-refractivity contribution in [3.63, 3.8) is 0 Å². The first-order valence-electron chi connectivity index (χ1n) is 5.67. The Bertz CT molecular complexity index is 607.